The first kappa shape index (κ1) is 19.4. The summed E-state index contributed by atoms with van der Waals surface area (Å²) in [7, 11) is 0. The predicted molar refractivity (Wildman–Crippen MR) is 111 cm³/mol. The largest absolute Gasteiger partial charge is 0.325 e. The Morgan fingerprint density at radius 2 is 1.71 bits per heavy atom. The number of thioether (sulfide) groups is 1. The number of nitrogens with one attached hydrogen (secondary N) is 3. The number of rotatable bonds is 6. The highest BCUT2D eigenvalue weighted by atomic mass is 32.2. The predicted octanol–water partition coefficient (Wildman–Crippen LogP) is 3.80. The highest BCUT2D eigenvalue weighted by molar-refractivity contribution is 8.00. The first-order valence-corrected chi connectivity index (χ1v) is 9.47. The molecule has 3 aromatic rings. The Morgan fingerprint density at radius 1 is 1.04 bits per heavy atom. The summed E-state index contributed by atoms with van der Waals surface area (Å²) < 4.78 is 0. The smallest absolute Gasteiger partial charge is 0.308 e. The van der Waals surface area contributed by atoms with Crippen LogP contribution in [0.2, 0.25) is 0 Å². The van der Waals surface area contributed by atoms with Crippen molar-refractivity contribution in [2.45, 2.75) is 17.3 Å². The maximum atomic E-state index is 12.2. The number of urea groups is 1. The average molecular weight is 393 g/mol. The van der Waals surface area contributed by atoms with Gasteiger partial charge in [0.15, 0.2) is 0 Å². The van der Waals surface area contributed by atoms with E-state index < -0.39 is 17.2 Å². The van der Waals surface area contributed by atoms with E-state index >= 15 is 0 Å². The normalized spacial score (nSPS) is 11.9. The van der Waals surface area contributed by atoms with Gasteiger partial charge < -0.3 is 5.32 Å². The molecular weight excluding hydrogens is 374 g/mol. The third-order valence-electron chi connectivity index (χ3n) is 3.64. The second-order valence-electron chi connectivity index (χ2n) is 5.82. The summed E-state index contributed by atoms with van der Waals surface area (Å²) in [5.74, 6) is 0.158. The number of hydrogen-bond donors (Lipinski definition) is 3. The third kappa shape index (κ3) is 5.82. The first-order chi connectivity index (χ1) is 13.6. The van der Waals surface area contributed by atoms with E-state index in [1.54, 1.807) is 31.2 Å². The molecule has 1 heterocycles. The van der Waals surface area contributed by atoms with Gasteiger partial charge in [0.05, 0.1) is 5.25 Å². The molecule has 0 bridgehead atoms. The molecular formula is C20H19N5O2S. The first-order valence-electron chi connectivity index (χ1n) is 8.59. The highest BCUT2D eigenvalue weighted by Crippen LogP contribution is 2.19. The number of anilines is 1. The van der Waals surface area contributed by atoms with E-state index in [0.717, 1.165) is 17.3 Å². The number of benzene rings is 2. The van der Waals surface area contributed by atoms with Gasteiger partial charge >= 0.3 is 6.03 Å². The van der Waals surface area contributed by atoms with Gasteiger partial charge in [-0.15, -0.1) is 5.10 Å². The van der Waals surface area contributed by atoms with E-state index in [2.05, 4.69) is 25.8 Å². The Bertz CT molecular complexity index is 957. The zero-order valence-electron chi connectivity index (χ0n) is 15.1. The molecule has 1 unspecified atom stereocenters. The van der Waals surface area contributed by atoms with Crippen LogP contribution in [-0.4, -0.2) is 32.4 Å². The summed E-state index contributed by atoms with van der Waals surface area (Å²) in [6.45, 7) is 1.69. The fourth-order valence-corrected chi connectivity index (χ4v) is 2.97. The maximum absolute atomic E-state index is 12.2. The van der Waals surface area contributed by atoms with Gasteiger partial charge in [-0.3, -0.25) is 15.2 Å². The Balaban J connectivity index is 1.50. The molecule has 0 aliphatic carbocycles. The molecule has 3 amide bonds. The Labute approximate surface area is 166 Å². The van der Waals surface area contributed by atoms with Crippen molar-refractivity contribution >= 4 is 41.5 Å². The van der Waals surface area contributed by atoms with Gasteiger partial charge in [-0.25, -0.2) is 9.78 Å². The fourth-order valence-electron chi connectivity index (χ4n) is 2.23. The Morgan fingerprint density at radius 3 is 2.43 bits per heavy atom. The number of carbonyl (C=O) groups excluding carboxylic acids is 2. The van der Waals surface area contributed by atoms with Gasteiger partial charge in [0, 0.05) is 5.69 Å². The molecule has 0 radical (unpaired) electrons. The number of hydrogen-bond acceptors (Lipinski definition) is 5. The number of H-pyrrole nitrogens is 1. The summed E-state index contributed by atoms with van der Waals surface area (Å²) in [6, 6.07) is 18.1. The molecule has 0 aliphatic heterocycles. The molecule has 0 saturated carbocycles. The van der Waals surface area contributed by atoms with Crippen molar-refractivity contribution in [3.8, 4) is 0 Å². The van der Waals surface area contributed by atoms with Crippen LogP contribution in [-0.2, 0) is 4.79 Å². The SMILES string of the molecule is CC(Sc1n[nH]c(/C=C/c2ccccc2)n1)C(=O)NC(=O)Nc1ccccc1. The summed E-state index contributed by atoms with van der Waals surface area (Å²) in [5, 5.41) is 11.7. The van der Waals surface area contributed by atoms with Gasteiger partial charge in [0.1, 0.15) is 5.82 Å². The zero-order chi connectivity index (χ0) is 19.8. The molecule has 28 heavy (non-hydrogen) atoms. The Hall–Kier alpha value is -3.39. The number of para-hydroxylation sites is 1. The van der Waals surface area contributed by atoms with Crippen LogP contribution in [0.25, 0.3) is 12.2 Å². The number of carbonyl (C=O) groups is 2. The van der Waals surface area contributed by atoms with E-state index in [-0.39, 0.29) is 0 Å². The van der Waals surface area contributed by atoms with E-state index in [0.29, 0.717) is 16.7 Å². The van der Waals surface area contributed by atoms with E-state index in [4.69, 9.17) is 0 Å². The zero-order valence-corrected chi connectivity index (χ0v) is 15.9. The summed E-state index contributed by atoms with van der Waals surface area (Å²) >= 11 is 1.16. The quantitative estimate of drug-likeness (QED) is 0.553. The van der Waals surface area contributed by atoms with Crippen molar-refractivity contribution in [1.82, 2.24) is 20.5 Å². The second-order valence-corrected chi connectivity index (χ2v) is 7.12. The number of nitrogens with zero attached hydrogens (tertiary/aromatic N) is 2. The molecule has 8 heteroatoms. The molecule has 1 atom stereocenters. The lowest BCUT2D eigenvalue weighted by Crippen LogP contribution is -2.38. The van der Waals surface area contributed by atoms with Crippen LogP contribution in [0.5, 0.6) is 0 Å². The van der Waals surface area contributed by atoms with Crippen molar-refractivity contribution < 1.29 is 9.59 Å². The minimum absolute atomic E-state index is 0.426. The molecule has 3 rings (SSSR count). The van der Waals surface area contributed by atoms with Gasteiger partial charge in [0.25, 0.3) is 0 Å². The molecule has 1 aromatic heterocycles. The monoisotopic (exact) mass is 393 g/mol. The minimum atomic E-state index is -0.579. The van der Waals surface area contributed by atoms with E-state index in [1.165, 1.54) is 0 Å². The Kier molecular flexibility index (Phi) is 6.59. The average Bonchev–Trinajstić information content (AvgIpc) is 3.15. The molecule has 0 aliphatic rings. The molecule has 2 aromatic carbocycles. The molecule has 142 valence electrons. The summed E-state index contributed by atoms with van der Waals surface area (Å²) in [5.41, 5.74) is 1.65. The third-order valence-corrected chi connectivity index (χ3v) is 4.60. The van der Waals surface area contributed by atoms with Crippen LogP contribution >= 0.6 is 11.8 Å². The number of amides is 3. The van der Waals surface area contributed by atoms with Crippen LogP contribution in [0.1, 0.15) is 18.3 Å². The van der Waals surface area contributed by atoms with Crippen molar-refractivity contribution in [2.75, 3.05) is 5.32 Å². The highest BCUT2D eigenvalue weighted by Gasteiger charge is 2.19. The molecule has 3 N–H and O–H groups in total. The van der Waals surface area contributed by atoms with Crippen molar-refractivity contribution in [3.63, 3.8) is 0 Å². The lowest BCUT2D eigenvalue weighted by Gasteiger charge is -2.10. The van der Waals surface area contributed by atoms with E-state index in [9.17, 15) is 9.59 Å². The van der Waals surface area contributed by atoms with E-state index in [1.807, 2.05) is 48.6 Å². The molecule has 0 fully saturated rings. The lowest BCUT2D eigenvalue weighted by molar-refractivity contribution is -0.119. The van der Waals surface area contributed by atoms with Crippen LogP contribution in [0.4, 0.5) is 10.5 Å². The maximum Gasteiger partial charge on any atom is 0.325 e. The number of aromatic amines is 1. The lowest BCUT2D eigenvalue weighted by atomic mass is 10.2. The molecule has 7 nitrogen and oxygen atoms in total. The van der Waals surface area contributed by atoms with Crippen molar-refractivity contribution in [2.24, 2.45) is 0 Å². The van der Waals surface area contributed by atoms with Crippen LogP contribution in [0.15, 0.2) is 65.8 Å². The van der Waals surface area contributed by atoms with Crippen molar-refractivity contribution in [1.29, 1.82) is 0 Å². The van der Waals surface area contributed by atoms with Crippen LogP contribution in [0.3, 0.4) is 0 Å². The van der Waals surface area contributed by atoms with Crippen LogP contribution < -0.4 is 10.6 Å². The molecule has 0 spiro atoms. The number of imide groups is 1. The minimum Gasteiger partial charge on any atom is -0.308 e. The standard InChI is InChI=1S/C20H19N5O2S/c1-14(18(26)23-19(27)21-16-10-6-3-7-11-16)28-20-22-17(24-25-20)13-12-15-8-4-2-5-9-15/h2-14H,1H3,(H,22,24,25)(H2,21,23,26,27)/b13-12+. The fraction of sp³-hybridized carbons (Fsp3) is 0.100. The van der Waals surface area contributed by atoms with Crippen LogP contribution in [0, 0.1) is 0 Å². The van der Waals surface area contributed by atoms with Gasteiger partial charge in [0.2, 0.25) is 11.1 Å². The molecule has 0 saturated heterocycles. The summed E-state index contributed by atoms with van der Waals surface area (Å²) in [4.78, 5) is 28.4. The van der Waals surface area contributed by atoms with Gasteiger partial charge in [-0.1, -0.05) is 66.4 Å². The topological polar surface area (TPSA) is 99.8 Å². The van der Waals surface area contributed by atoms with Gasteiger partial charge in [-0.2, -0.15) is 0 Å². The van der Waals surface area contributed by atoms with Crippen molar-refractivity contribution in [3.05, 3.63) is 72.1 Å². The van der Waals surface area contributed by atoms with Gasteiger partial charge in [-0.05, 0) is 30.7 Å². The summed E-state index contributed by atoms with van der Waals surface area (Å²) in [6.07, 6.45) is 3.73. The second kappa shape index (κ2) is 9.52. The number of aromatic nitrogens is 3.